The number of unbranched alkanes of at least 4 members (excludes halogenated alkanes) is 1. The zero-order chi connectivity index (χ0) is 16.9. The van der Waals surface area contributed by atoms with Gasteiger partial charge >= 0.3 is 0 Å². The molecule has 0 heterocycles. The molecule has 1 amide bonds. The molecule has 23 heavy (non-hydrogen) atoms. The van der Waals surface area contributed by atoms with E-state index in [0.717, 1.165) is 25.7 Å². The highest BCUT2D eigenvalue weighted by Crippen LogP contribution is 2.12. The van der Waals surface area contributed by atoms with Crippen LogP contribution in [-0.2, 0) is 16.0 Å². The molecule has 0 fully saturated rings. The number of carbonyl (C=O) groups excluding carboxylic acids is 1. The first kappa shape index (κ1) is 18.7. The average Bonchev–Trinajstić information content (AvgIpc) is 2.57. The number of anilines is 1. The van der Waals surface area contributed by atoms with Crippen molar-refractivity contribution in [3.05, 3.63) is 41.6 Å². The van der Waals surface area contributed by atoms with Crippen LogP contribution in [0.3, 0.4) is 0 Å². The highest BCUT2D eigenvalue weighted by Gasteiger charge is 2.08. The van der Waals surface area contributed by atoms with Crippen molar-refractivity contribution in [2.24, 2.45) is 0 Å². The fraction of sp³-hybridized carbons (Fsp3) is 0.444. The fourth-order valence-electron chi connectivity index (χ4n) is 1.98. The molecule has 0 unspecified atom stereocenters. The standard InChI is InChI=1S/C18H25N3O2/c1-3-4-6-15-7-9-17(10-8-15)21-18(22)16(13-19)14-20-11-5-12-23-2/h7-10,14,20H,3-6,11-12H2,1-2H3,(H,21,22)/b16-14-. The maximum Gasteiger partial charge on any atom is 0.267 e. The molecule has 5 heteroatoms. The number of aryl methyl sites for hydroxylation is 1. The SMILES string of the molecule is CCCCc1ccc(NC(=O)/C(C#N)=C\NCCCOC)cc1. The van der Waals surface area contributed by atoms with Crippen LogP contribution in [0.5, 0.6) is 0 Å². The number of ether oxygens (including phenoxy) is 1. The Morgan fingerprint density at radius 1 is 1.30 bits per heavy atom. The first-order valence-electron chi connectivity index (χ1n) is 7.94. The second-order valence-corrected chi connectivity index (χ2v) is 5.22. The second kappa shape index (κ2) is 11.3. The zero-order valence-corrected chi connectivity index (χ0v) is 13.9. The molecular weight excluding hydrogens is 290 g/mol. The van der Waals surface area contributed by atoms with Gasteiger partial charge in [-0.15, -0.1) is 0 Å². The van der Waals surface area contributed by atoms with Gasteiger partial charge in [-0.25, -0.2) is 0 Å². The van der Waals surface area contributed by atoms with Crippen LogP contribution < -0.4 is 10.6 Å². The summed E-state index contributed by atoms with van der Waals surface area (Å²) in [7, 11) is 1.64. The van der Waals surface area contributed by atoms with Gasteiger partial charge in [0, 0.05) is 32.1 Å². The number of nitrogens with one attached hydrogen (secondary N) is 2. The van der Waals surface area contributed by atoms with E-state index < -0.39 is 5.91 Å². The van der Waals surface area contributed by atoms with Crippen molar-refractivity contribution in [3.63, 3.8) is 0 Å². The van der Waals surface area contributed by atoms with Crippen LogP contribution in [0.1, 0.15) is 31.7 Å². The minimum absolute atomic E-state index is 0.0532. The molecule has 0 aliphatic heterocycles. The van der Waals surface area contributed by atoms with Crippen molar-refractivity contribution in [2.45, 2.75) is 32.6 Å². The number of nitriles is 1. The summed E-state index contributed by atoms with van der Waals surface area (Å²) in [5, 5.41) is 14.8. The Balaban J connectivity index is 2.52. The van der Waals surface area contributed by atoms with Crippen LogP contribution in [0.15, 0.2) is 36.0 Å². The summed E-state index contributed by atoms with van der Waals surface area (Å²) < 4.78 is 4.93. The monoisotopic (exact) mass is 315 g/mol. The molecule has 0 radical (unpaired) electrons. The maximum atomic E-state index is 12.1. The maximum absolute atomic E-state index is 12.1. The third-order valence-corrected chi connectivity index (χ3v) is 3.31. The van der Waals surface area contributed by atoms with Gasteiger partial charge in [-0.05, 0) is 37.0 Å². The van der Waals surface area contributed by atoms with Gasteiger partial charge in [0.15, 0.2) is 0 Å². The van der Waals surface area contributed by atoms with Crippen molar-refractivity contribution in [2.75, 3.05) is 25.6 Å². The van der Waals surface area contributed by atoms with Gasteiger partial charge in [-0.2, -0.15) is 5.26 Å². The Morgan fingerprint density at radius 2 is 2.04 bits per heavy atom. The smallest absolute Gasteiger partial charge is 0.267 e. The van der Waals surface area contributed by atoms with Crippen molar-refractivity contribution in [3.8, 4) is 6.07 Å². The zero-order valence-electron chi connectivity index (χ0n) is 13.9. The van der Waals surface area contributed by atoms with Crippen molar-refractivity contribution >= 4 is 11.6 Å². The van der Waals surface area contributed by atoms with Gasteiger partial charge in [0.05, 0.1) is 0 Å². The molecule has 124 valence electrons. The topological polar surface area (TPSA) is 74.2 Å². The predicted molar refractivity (Wildman–Crippen MR) is 91.9 cm³/mol. The fourth-order valence-corrected chi connectivity index (χ4v) is 1.98. The van der Waals surface area contributed by atoms with E-state index in [4.69, 9.17) is 10.00 Å². The molecule has 0 atom stereocenters. The van der Waals surface area contributed by atoms with E-state index in [-0.39, 0.29) is 5.57 Å². The summed E-state index contributed by atoms with van der Waals surface area (Å²) in [5.74, 6) is -0.409. The predicted octanol–water partition coefficient (Wildman–Crippen LogP) is 3.00. The number of hydrogen-bond donors (Lipinski definition) is 2. The molecule has 0 bridgehead atoms. The third-order valence-electron chi connectivity index (χ3n) is 3.31. The number of carbonyl (C=O) groups is 1. The summed E-state index contributed by atoms with van der Waals surface area (Å²) in [4.78, 5) is 12.1. The van der Waals surface area contributed by atoms with E-state index in [9.17, 15) is 4.79 Å². The van der Waals surface area contributed by atoms with E-state index in [2.05, 4.69) is 17.6 Å². The molecule has 0 saturated carbocycles. The van der Waals surface area contributed by atoms with Gasteiger partial charge in [0.2, 0.25) is 0 Å². The van der Waals surface area contributed by atoms with E-state index in [1.165, 1.54) is 11.8 Å². The van der Waals surface area contributed by atoms with Crippen molar-refractivity contribution < 1.29 is 9.53 Å². The minimum Gasteiger partial charge on any atom is -0.390 e. The van der Waals surface area contributed by atoms with Crippen LogP contribution in [0.2, 0.25) is 0 Å². The Hall–Kier alpha value is -2.32. The first-order valence-corrected chi connectivity index (χ1v) is 7.94. The van der Waals surface area contributed by atoms with Gasteiger partial charge in [-0.1, -0.05) is 25.5 Å². The molecule has 2 N–H and O–H groups in total. The van der Waals surface area contributed by atoms with Crippen LogP contribution >= 0.6 is 0 Å². The Labute approximate surface area is 138 Å². The number of amides is 1. The Kier molecular flexibility index (Phi) is 9.18. The lowest BCUT2D eigenvalue weighted by molar-refractivity contribution is -0.112. The number of nitrogens with zero attached hydrogens (tertiary/aromatic N) is 1. The summed E-state index contributed by atoms with van der Waals surface area (Å²) >= 11 is 0. The van der Waals surface area contributed by atoms with Crippen LogP contribution in [-0.4, -0.2) is 26.2 Å². The molecule has 0 saturated heterocycles. The number of benzene rings is 1. The van der Waals surface area contributed by atoms with Gasteiger partial charge < -0.3 is 15.4 Å². The van der Waals surface area contributed by atoms with Crippen LogP contribution in [0.4, 0.5) is 5.69 Å². The minimum atomic E-state index is -0.409. The number of hydrogen-bond acceptors (Lipinski definition) is 4. The van der Waals surface area contributed by atoms with Crippen molar-refractivity contribution in [1.29, 1.82) is 5.26 Å². The molecule has 1 aromatic rings. The molecule has 0 aliphatic carbocycles. The molecule has 1 aromatic carbocycles. The number of methoxy groups -OCH3 is 1. The molecule has 0 aliphatic rings. The molecule has 5 nitrogen and oxygen atoms in total. The first-order chi connectivity index (χ1) is 11.2. The lowest BCUT2D eigenvalue weighted by atomic mass is 10.1. The van der Waals surface area contributed by atoms with Gasteiger partial charge in [-0.3, -0.25) is 4.79 Å². The average molecular weight is 315 g/mol. The lowest BCUT2D eigenvalue weighted by Crippen LogP contribution is -2.17. The summed E-state index contributed by atoms with van der Waals surface area (Å²) in [6, 6.07) is 9.65. The summed E-state index contributed by atoms with van der Waals surface area (Å²) in [5.41, 5.74) is 1.99. The molecule has 0 aromatic heterocycles. The molecule has 0 spiro atoms. The lowest BCUT2D eigenvalue weighted by Gasteiger charge is -2.06. The third kappa shape index (κ3) is 7.48. The van der Waals surface area contributed by atoms with Gasteiger partial charge in [0.1, 0.15) is 11.6 Å². The van der Waals surface area contributed by atoms with Crippen LogP contribution in [0, 0.1) is 11.3 Å². The highest BCUT2D eigenvalue weighted by atomic mass is 16.5. The second-order valence-electron chi connectivity index (χ2n) is 5.22. The van der Waals surface area contributed by atoms with Gasteiger partial charge in [0.25, 0.3) is 5.91 Å². The summed E-state index contributed by atoms with van der Waals surface area (Å²) in [6.45, 7) is 3.45. The van der Waals surface area contributed by atoms with E-state index >= 15 is 0 Å². The molecule has 1 rings (SSSR count). The van der Waals surface area contributed by atoms with Crippen LogP contribution in [0.25, 0.3) is 0 Å². The number of rotatable bonds is 10. The largest absolute Gasteiger partial charge is 0.390 e. The van der Waals surface area contributed by atoms with E-state index in [0.29, 0.717) is 18.8 Å². The Bertz CT molecular complexity index is 544. The highest BCUT2D eigenvalue weighted by molar-refractivity contribution is 6.06. The van der Waals surface area contributed by atoms with Crippen molar-refractivity contribution in [1.82, 2.24) is 5.32 Å². The van der Waals surface area contributed by atoms with E-state index in [1.54, 1.807) is 7.11 Å². The quantitative estimate of drug-likeness (QED) is 0.395. The normalized spacial score (nSPS) is 10.9. The molecular formula is C18H25N3O2. The summed E-state index contributed by atoms with van der Waals surface area (Å²) in [6.07, 6.45) is 5.61. The Morgan fingerprint density at radius 3 is 2.65 bits per heavy atom. The van der Waals surface area contributed by atoms with E-state index in [1.807, 2.05) is 30.3 Å².